The number of nitroso groups, excluding NO2 is 1. The van der Waals surface area contributed by atoms with Crippen molar-refractivity contribution in [2.45, 2.75) is 25.7 Å². The highest BCUT2D eigenvalue weighted by Gasteiger charge is 1.87. The van der Waals surface area contributed by atoms with Gasteiger partial charge in [-0.15, -0.1) is 0 Å². The summed E-state index contributed by atoms with van der Waals surface area (Å²) in [6.45, 7) is 1.56. The Bertz CT molecular complexity index is 76.0. The summed E-state index contributed by atoms with van der Waals surface area (Å²) in [7, 11) is 1.95. The lowest BCUT2D eigenvalue weighted by Crippen LogP contribution is -2.06. The summed E-state index contributed by atoms with van der Waals surface area (Å²) < 4.78 is 0. The van der Waals surface area contributed by atoms with Crippen molar-refractivity contribution in [3.8, 4) is 0 Å². The second-order valence-electron chi connectivity index (χ2n) is 2.37. The van der Waals surface area contributed by atoms with E-state index in [4.69, 9.17) is 0 Å². The summed E-state index contributed by atoms with van der Waals surface area (Å²) >= 11 is 0. The number of hydrogen-bond donors (Lipinski definition) is 1. The topological polar surface area (TPSA) is 41.5 Å². The molecule has 1 N–H and O–H groups in total. The minimum Gasteiger partial charge on any atom is -0.320 e. The molecular weight excluding hydrogens is 128 g/mol. The lowest BCUT2D eigenvalue weighted by molar-refractivity contribution is 0.621. The Kier molecular flexibility index (Phi) is 8.18. The average Bonchev–Trinajstić information content (AvgIpc) is 1.97. The maximum absolute atomic E-state index is 9.63. The third-order valence-electron chi connectivity index (χ3n) is 1.43. The molecule has 0 aromatic carbocycles. The summed E-state index contributed by atoms with van der Waals surface area (Å²) in [5.41, 5.74) is 0. The zero-order valence-electron chi connectivity index (χ0n) is 6.60. The largest absolute Gasteiger partial charge is 0.320 e. The molecule has 0 rings (SSSR count). The fraction of sp³-hybridized carbons (Fsp3) is 1.00. The smallest absolute Gasteiger partial charge is 0.0811 e. The molecule has 0 aliphatic rings. The molecule has 0 aliphatic carbocycles. The maximum atomic E-state index is 9.63. The van der Waals surface area contributed by atoms with E-state index in [2.05, 4.69) is 10.5 Å². The van der Waals surface area contributed by atoms with Gasteiger partial charge in [-0.3, -0.25) is 0 Å². The normalized spacial score (nSPS) is 9.70. The van der Waals surface area contributed by atoms with Crippen LogP contribution in [0.15, 0.2) is 5.18 Å². The molecule has 0 amide bonds. The minimum absolute atomic E-state index is 0.486. The Labute approximate surface area is 62.2 Å². The van der Waals surface area contributed by atoms with Gasteiger partial charge in [-0.1, -0.05) is 18.0 Å². The molecule has 0 atom stereocenters. The van der Waals surface area contributed by atoms with E-state index in [-0.39, 0.29) is 0 Å². The molecule has 0 unspecified atom stereocenters. The van der Waals surface area contributed by atoms with E-state index in [1.54, 1.807) is 0 Å². The van der Waals surface area contributed by atoms with Crippen LogP contribution in [0.4, 0.5) is 0 Å². The van der Waals surface area contributed by atoms with E-state index in [1.165, 1.54) is 12.8 Å². The molecule has 10 heavy (non-hydrogen) atoms. The first-order valence-corrected chi connectivity index (χ1v) is 3.85. The maximum Gasteiger partial charge on any atom is 0.0811 e. The van der Waals surface area contributed by atoms with Gasteiger partial charge in [0.1, 0.15) is 0 Å². The van der Waals surface area contributed by atoms with E-state index in [0.29, 0.717) is 6.54 Å². The predicted molar refractivity (Wildman–Crippen MR) is 43.1 cm³/mol. The first-order valence-electron chi connectivity index (χ1n) is 3.85. The van der Waals surface area contributed by atoms with Crippen molar-refractivity contribution in [2.24, 2.45) is 5.18 Å². The summed E-state index contributed by atoms with van der Waals surface area (Å²) in [6, 6.07) is 0. The third kappa shape index (κ3) is 7.56. The number of nitrogens with zero attached hydrogens (tertiary/aromatic N) is 1. The van der Waals surface area contributed by atoms with Crippen LogP contribution in [0.2, 0.25) is 0 Å². The predicted octanol–water partition coefficient (Wildman–Crippen LogP) is 1.53. The van der Waals surface area contributed by atoms with Gasteiger partial charge in [-0.05, 0) is 26.4 Å². The molecule has 0 fully saturated rings. The lowest BCUT2D eigenvalue weighted by atomic mass is 10.2. The SMILES string of the molecule is CNCCCCCCN=O. The van der Waals surface area contributed by atoms with Crippen LogP contribution in [0.25, 0.3) is 0 Å². The quantitative estimate of drug-likeness (QED) is 0.435. The van der Waals surface area contributed by atoms with E-state index in [9.17, 15) is 4.91 Å². The molecule has 0 saturated carbocycles. The Morgan fingerprint density at radius 2 is 1.90 bits per heavy atom. The molecule has 0 spiro atoms. The van der Waals surface area contributed by atoms with Gasteiger partial charge in [-0.2, -0.15) is 4.91 Å². The number of rotatable bonds is 7. The molecule has 0 aromatic rings. The molecule has 0 aliphatic heterocycles. The van der Waals surface area contributed by atoms with Gasteiger partial charge >= 0.3 is 0 Å². The Balaban J connectivity index is 2.70. The average molecular weight is 144 g/mol. The molecule has 3 nitrogen and oxygen atoms in total. The van der Waals surface area contributed by atoms with Gasteiger partial charge < -0.3 is 5.32 Å². The molecular formula is C7H16N2O. The first kappa shape index (κ1) is 9.56. The second-order valence-corrected chi connectivity index (χ2v) is 2.37. The molecule has 0 radical (unpaired) electrons. The van der Waals surface area contributed by atoms with Crippen LogP contribution >= 0.6 is 0 Å². The van der Waals surface area contributed by atoms with Gasteiger partial charge in [0.05, 0.1) is 6.54 Å². The zero-order valence-corrected chi connectivity index (χ0v) is 6.60. The van der Waals surface area contributed by atoms with Crippen molar-refractivity contribution >= 4 is 0 Å². The van der Waals surface area contributed by atoms with Crippen LogP contribution in [0, 0.1) is 4.91 Å². The van der Waals surface area contributed by atoms with Gasteiger partial charge in [0.2, 0.25) is 0 Å². The molecule has 60 valence electrons. The van der Waals surface area contributed by atoms with Gasteiger partial charge in [0, 0.05) is 0 Å². The van der Waals surface area contributed by atoms with Crippen molar-refractivity contribution in [3.05, 3.63) is 4.91 Å². The Morgan fingerprint density at radius 1 is 1.20 bits per heavy atom. The first-order chi connectivity index (χ1) is 4.91. The highest BCUT2D eigenvalue weighted by Crippen LogP contribution is 1.98. The zero-order chi connectivity index (χ0) is 7.66. The number of hydrogen-bond acceptors (Lipinski definition) is 3. The third-order valence-corrected chi connectivity index (χ3v) is 1.43. The van der Waals surface area contributed by atoms with Crippen LogP contribution in [-0.4, -0.2) is 20.1 Å². The standard InChI is InChI=1S/C7H16N2O/c1-8-6-4-2-3-5-7-9-10/h8H,2-7H2,1H3. The molecule has 0 saturated heterocycles. The minimum atomic E-state index is 0.486. The van der Waals surface area contributed by atoms with E-state index >= 15 is 0 Å². The van der Waals surface area contributed by atoms with Crippen molar-refractivity contribution in [1.29, 1.82) is 0 Å². The highest BCUT2D eigenvalue weighted by molar-refractivity contribution is 4.47. The van der Waals surface area contributed by atoms with Crippen molar-refractivity contribution in [1.82, 2.24) is 5.32 Å². The van der Waals surface area contributed by atoms with E-state index in [0.717, 1.165) is 19.4 Å². The highest BCUT2D eigenvalue weighted by atomic mass is 16.3. The second kappa shape index (κ2) is 8.56. The molecule has 3 heteroatoms. The van der Waals surface area contributed by atoms with Gasteiger partial charge in [0.15, 0.2) is 0 Å². The number of unbranched alkanes of at least 4 members (excludes halogenated alkanes) is 3. The number of nitrogens with one attached hydrogen (secondary N) is 1. The fourth-order valence-electron chi connectivity index (χ4n) is 0.832. The van der Waals surface area contributed by atoms with E-state index in [1.807, 2.05) is 7.05 Å². The van der Waals surface area contributed by atoms with Crippen molar-refractivity contribution in [3.63, 3.8) is 0 Å². The Morgan fingerprint density at radius 3 is 2.50 bits per heavy atom. The molecule has 0 aromatic heterocycles. The van der Waals surface area contributed by atoms with Crippen LogP contribution < -0.4 is 5.32 Å². The van der Waals surface area contributed by atoms with Crippen LogP contribution in [0.5, 0.6) is 0 Å². The van der Waals surface area contributed by atoms with Gasteiger partial charge in [-0.25, -0.2) is 0 Å². The Hall–Kier alpha value is -0.440. The fourth-order valence-corrected chi connectivity index (χ4v) is 0.832. The lowest BCUT2D eigenvalue weighted by Gasteiger charge is -1.96. The summed E-state index contributed by atoms with van der Waals surface area (Å²) in [4.78, 5) is 9.63. The summed E-state index contributed by atoms with van der Waals surface area (Å²) in [6.07, 6.45) is 4.49. The van der Waals surface area contributed by atoms with Crippen molar-refractivity contribution < 1.29 is 0 Å². The molecule has 0 heterocycles. The van der Waals surface area contributed by atoms with Gasteiger partial charge in [0.25, 0.3) is 0 Å². The van der Waals surface area contributed by atoms with Crippen molar-refractivity contribution in [2.75, 3.05) is 20.1 Å². The summed E-state index contributed by atoms with van der Waals surface area (Å²) in [5.74, 6) is 0. The summed E-state index contributed by atoms with van der Waals surface area (Å²) in [5, 5.41) is 5.86. The molecule has 0 bridgehead atoms. The van der Waals surface area contributed by atoms with Crippen LogP contribution in [0.1, 0.15) is 25.7 Å². The monoisotopic (exact) mass is 144 g/mol. The van der Waals surface area contributed by atoms with E-state index < -0.39 is 0 Å². The van der Waals surface area contributed by atoms with Crippen LogP contribution in [-0.2, 0) is 0 Å². The van der Waals surface area contributed by atoms with Crippen LogP contribution in [0.3, 0.4) is 0 Å².